The molecule has 0 spiro atoms. The van der Waals surface area contributed by atoms with E-state index in [-0.39, 0.29) is 22.9 Å². The summed E-state index contributed by atoms with van der Waals surface area (Å²) in [6, 6.07) is 6.95. The van der Waals surface area contributed by atoms with Gasteiger partial charge in [0.2, 0.25) is 15.9 Å². The Hall–Kier alpha value is -1.39. The maximum atomic E-state index is 13.0. The summed E-state index contributed by atoms with van der Waals surface area (Å²) in [4.78, 5) is 15.2. The first-order valence-corrected chi connectivity index (χ1v) is 13.5. The van der Waals surface area contributed by atoms with E-state index in [9.17, 15) is 13.2 Å². The molecule has 1 aromatic rings. The molecule has 4 rings (SSSR count). The summed E-state index contributed by atoms with van der Waals surface area (Å²) >= 11 is 1.89. The van der Waals surface area contributed by atoms with Crippen LogP contribution in [0.4, 0.5) is 0 Å². The lowest BCUT2D eigenvalue weighted by molar-refractivity contribution is -0.129. The van der Waals surface area contributed by atoms with Gasteiger partial charge < -0.3 is 14.4 Å². The Kier molecular flexibility index (Phi) is 7.71. The number of hydrogen-bond donors (Lipinski definition) is 0. The lowest BCUT2D eigenvalue weighted by atomic mass is 10.1. The van der Waals surface area contributed by atoms with Crippen molar-refractivity contribution in [3.63, 3.8) is 0 Å². The number of benzene rings is 1. The van der Waals surface area contributed by atoms with Gasteiger partial charge in [-0.1, -0.05) is 12.1 Å². The fraction of sp³-hybridized carbons (Fsp3) is 0.591. The van der Waals surface area contributed by atoms with Crippen LogP contribution in [0.25, 0.3) is 6.08 Å². The Balaban J connectivity index is 1.42. The van der Waals surface area contributed by atoms with Gasteiger partial charge in [0.25, 0.3) is 0 Å². The van der Waals surface area contributed by atoms with Crippen LogP contribution in [-0.4, -0.2) is 86.6 Å². The average molecular weight is 467 g/mol. The van der Waals surface area contributed by atoms with Crippen molar-refractivity contribution in [2.45, 2.75) is 36.3 Å². The number of sulfonamides is 1. The van der Waals surface area contributed by atoms with Gasteiger partial charge in [-0.05, 0) is 48.8 Å². The van der Waals surface area contributed by atoms with Crippen LogP contribution in [-0.2, 0) is 24.3 Å². The molecule has 0 saturated carbocycles. The van der Waals surface area contributed by atoms with Crippen molar-refractivity contribution in [2.75, 3.05) is 51.0 Å². The summed E-state index contributed by atoms with van der Waals surface area (Å²) in [5.74, 6) is 2.05. The molecule has 3 heterocycles. The monoisotopic (exact) mass is 466 g/mol. The van der Waals surface area contributed by atoms with Crippen LogP contribution in [0.2, 0.25) is 0 Å². The molecule has 0 N–H and O–H groups in total. The SMILES string of the molecule is O=C(/C=C/c1ccc(S(=O)(=O)N2CCOCC2)cc1)N(CC1CCCO1)C1CCSC1. The normalized spacial score (nSPS) is 25.3. The molecule has 0 aliphatic carbocycles. The van der Waals surface area contributed by atoms with Crippen molar-refractivity contribution in [1.82, 2.24) is 9.21 Å². The maximum Gasteiger partial charge on any atom is 0.246 e. The summed E-state index contributed by atoms with van der Waals surface area (Å²) < 4.78 is 37.9. The molecular weight excluding hydrogens is 436 g/mol. The summed E-state index contributed by atoms with van der Waals surface area (Å²) in [6.07, 6.45) is 6.58. The number of thioether (sulfide) groups is 1. The van der Waals surface area contributed by atoms with E-state index in [2.05, 4.69) is 0 Å². The summed E-state index contributed by atoms with van der Waals surface area (Å²) in [5.41, 5.74) is 0.798. The first-order valence-electron chi connectivity index (χ1n) is 10.9. The van der Waals surface area contributed by atoms with E-state index in [0.717, 1.165) is 42.9 Å². The zero-order valence-corrected chi connectivity index (χ0v) is 19.3. The Morgan fingerprint density at radius 1 is 1.16 bits per heavy atom. The molecule has 2 atom stereocenters. The third-order valence-corrected chi connectivity index (χ3v) is 9.02. The highest BCUT2D eigenvalue weighted by Crippen LogP contribution is 2.25. The van der Waals surface area contributed by atoms with E-state index < -0.39 is 10.0 Å². The van der Waals surface area contributed by atoms with E-state index in [0.29, 0.717) is 32.8 Å². The number of amides is 1. The molecule has 1 aromatic carbocycles. The van der Waals surface area contributed by atoms with Crippen LogP contribution in [0.5, 0.6) is 0 Å². The number of morpholine rings is 1. The Bertz CT molecular complexity index is 870. The third kappa shape index (κ3) is 5.70. The number of carbonyl (C=O) groups is 1. The van der Waals surface area contributed by atoms with Crippen LogP contribution < -0.4 is 0 Å². The molecule has 1 amide bonds. The Labute approximate surface area is 188 Å². The number of rotatable bonds is 7. The van der Waals surface area contributed by atoms with Gasteiger partial charge in [0.05, 0.1) is 24.2 Å². The Morgan fingerprint density at radius 3 is 2.58 bits per heavy atom. The molecule has 0 radical (unpaired) electrons. The van der Waals surface area contributed by atoms with Crippen LogP contribution in [0.1, 0.15) is 24.8 Å². The van der Waals surface area contributed by atoms with Crippen LogP contribution in [0, 0.1) is 0 Å². The van der Waals surface area contributed by atoms with Crippen molar-refractivity contribution in [3.8, 4) is 0 Å². The molecule has 0 bridgehead atoms. The lowest BCUT2D eigenvalue weighted by Gasteiger charge is -2.29. The molecular formula is C22H30N2O5S2. The zero-order valence-electron chi connectivity index (χ0n) is 17.6. The fourth-order valence-corrected chi connectivity index (χ4v) is 6.78. The number of ether oxygens (including phenoxy) is 2. The van der Waals surface area contributed by atoms with E-state index in [1.807, 2.05) is 16.7 Å². The molecule has 3 aliphatic rings. The largest absolute Gasteiger partial charge is 0.379 e. The molecule has 2 unspecified atom stereocenters. The minimum Gasteiger partial charge on any atom is -0.379 e. The van der Waals surface area contributed by atoms with Gasteiger partial charge in [0.15, 0.2) is 0 Å². The number of hydrogen-bond acceptors (Lipinski definition) is 6. The highest BCUT2D eigenvalue weighted by Gasteiger charge is 2.30. The molecule has 3 fully saturated rings. The number of carbonyl (C=O) groups excluding carboxylic acids is 1. The first kappa shape index (κ1) is 22.8. The van der Waals surface area contributed by atoms with Crippen molar-refractivity contribution >= 4 is 33.8 Å². The first-order chi connectivity index (χ1) is 15.0. The molecule has 3 aliphatic heterocycles. The highest BCUT2D eigenvalue weighted by atomic mass is 32.2. The average Bonchev–Trinajstić information content (AvgIpc) is 3.51. The lowest BCUT2D eigenvalue weighted by Crippen LogP contribution is -2.44. The van der Waals surface area contributed by atoms with E-state index in [4.69, 9.17) is 9.47 Å². The van der Waals surface area contributed by atoms with Gasteiger partial charge in [-0.3, -0.25) is 4.79 Å². The second kappa shape index (κ2) is 10.5. The second-order valence-corrected chi connectivity index (χ2v) is 11.1. The molecule has 3 saturated heterocycles. The fourth-order valence-electron chi connectivity index (χ4n) is 4.14. The highest BCUT2D eigenvalue weighted by molar-refractivity contribution is 7.99. The topological polar surface area (TPSA) is 76.2 Å². The van der Waals surface area contributed by atoms with Gasteiger partial charge in [-0.2, -0.15) is 16.1 Å². The quantitative estimate of drug-likeness (QED) is 0.574. The standard InChI is InChI=1S/C22H30N2O5S2/c25-22(24(19-9-15-30-17-19)16-20-2-1-12-29-20)8-5-18-3-6-21(7-4-18)31(26,27)23-10-13-28-14-11-23/h3-8,19-20H,1-2,9-17H2/b8-5+. The molecule has 31 heavy (non-hydrogen) atoms. The van der Waals surface area contributed by atoms with E-state index in [1.165, 1.54) is 4.31 Å². The van der Waals surface area contributed by atoms with Crippen LogP contribution >= 0.6 is 11.8 Å². The molecule has 0 aromatic heterocycles. The predicted octanol–water partition coefficient (Wildman–Crippen LogP) is 2.23. The smallest absolute Gasteiger partial charge is 0.246 e. The van der Waals surface area contributed by atoms with Crippen LogP contribution in [0.15, 0.2) is 35.2 Å². The molecule has 9 heteroatoms. The Morgan fingerprint density at radius 2 is 1.94 bits per heavy atom. The molecule has 170 valence electrons. The minimum absolute atomic E-state index is 0.00647. The van der Waals surface area contributed by atoms with Crippen molar-refractivity contribution in [1.29, 1.82) is 0 Å². The zero-order chi connectivity index (χ0) is 21.7. The second-order valence-electron chi connectivity index (χ2n) is 8.06. The summed E-state index contributed by atoms with van der Waals surface area (Å²) in [6.45, 7) is 3.01. The van der Waals surface area contributed by atoms with Gasteiger partial charge >= 0.3 is 0 Å². The van der Waals surface area contributed by atoms with Gasteiger partial charge in [-0.25, -0.2) is 8.42 Å². The van der Waals surface area contributed by atoms with Crippen molar-refractivity contribution < 1.29 is 22.7 Å². The third-order valence-electron chi connectivity index (χ3n) is 5.96. The van der Waals surface area contributed by atoms with Crippen LogP contribution in [0.3, 0.4) is 0 Å². The van der Waals surface area contributed by atoms with E-state index >= 15 is 0 Å². The van der Waals surface area contributed by atoms with Crippen molar-refractivity contribution in [3.05, 3.63) is 35.9 Å². The summed E-state index contributed by atoms with van der Waals surface area (Å²) in [5, 5.41) is 0. The predicted molar refractivity (Wildman–Crippen MR) is 121 cm³/mol. The van der Waals surface area contributed by atoms with E-state index in [1.54, 1.807) is 36.4 Å². The minimum atomic E-state index is -3.51. The maximum absolute atomic E-state index is 13.0. The summed E-state index contributed by atoms with van der Waals surface area (Å²) in [7, 11) is -3.51. The van der Waals surface area contributed by atoms with Gasteiger partial charge in [0.1, 0.15) is 0 Å². The number of nitrogens with zero attached hydrogens (tertiary/aromatic N) is 2. The van der Waals surface area contributed by atoms with Gasteiger partial charge in [-0.15, -0.1) is 0 Å². The molecule has 7 nitrogen and oxygen atoms in total. The van der Waals surface area contributed by atoms with Crippen molar-refractivity contribution in [2.24, 2.45) is 0 Å². The van der Waals surface area contributed by atoms with Gasteiger partial charge in [0, 0.05) is 44.1 Å².